The number of benzene rings is 7. The average molecular weight is 571 g/mol. The summed E-state index contributed by atoms with van der Waals surface area (Å²) < 4.78 is 2.37. The summed E-state index contributed by atoms with van der Waals surface area (Å²) in [5, 5.41) is 5.66. The molecule has 0 radical (unpaired) electrons. The fourth-order valence-electron chi connectivity index (χ4n) is 6.30. The normalized spacial score (nSPS) is 11.4. The molecule has 1 heterocycles. The van der Waals surface area contributed by atoms with Gasteiger partial charge in [-0.15, -0.1) is 0 Å². The predicted molar refractivity (Wildman–Crippen MR) is 183 cm³/mol. The highest BCUT2D eigenvalue weighted by molar-refractivity contribution is 6.31. The van der Waals surface area contributed by atoms with Crippen LogP contribution in [0.15, 0.2) is 164 Å². The standard InChI is InChI=1S/C40H27ClN2/c41-31-24-30(25-35(27-31)42(32-13-4-1-5-14-32)33-15-6-2-7-16-33)29-21-22-38-37(26-29)40-36-19-11-10-12-28(36)20-23-39(40)43(38)34-17-8-3-9-18-34/h1-27H. The number of rotatable bonds is 5. The number of hydrogen-bond acceptors (Lipinski definition) is 1. The molecule has 0 unspecified atom stereocenters. The molecule has 204 valence electrons. The quantitative estimate of drug-likeness (QED) is 0.200. The number of nitrogens with zero attached hydrogens (tertiary/aromatic N) is 2. The van der Waals surface area contributed by atoms with Crippen molar-refractivity contribution in [1.82, 2.24) is 4.57 Å². The molecule has 8 rings (SSSR count). The van der Waals surface area contributed by atoms with Crippen molar-refractivity contribution < 1.29 is 0 Å². The van der Waals surface area contributed by atoms with Crippen molar-refractivity contribution in [3.8, 4) is 16.8 Å². The Morgan fingerprint density at radius 2 is 1.07 bits per heavy atom. The van der Waals surface area contributed by atoms with Crippen LogP contribution in [-0.4, -0.2) is 4.57 Å². The van der Waals surface area contributed by atoms with Gasteiger partial charge in [-0.2, -0.15) is 0 Å². The first-order valence-electron chi connectivity index (χ1n) is 14.5. The third-order valence-electron chi connectivity index (χ3n) is 8.17. The van der Waals surface area contributed by atoms with Gasteiger partial charge in [-0.3, -0.25) is 0 Å². The van der Waals surface area contributed by atoms with Crippen molar-refractivity contribution in [1.29, 1.82) is 0 Å². The number of fused-ring (bicyclic) bond motifs is 5. The summed E-state index contributed by atoms with van der Waals surface area (Å²) in [5.74, 6) is 0. The molecule has 0 aliphatic carbocycles. The first-order valence-corrected chi connectivity index (χ1v) is 14.8. The lowest BCUT2D eigenvalue weighted by atomic mass is 9.99. The van der Waals surface area contributed by atoms with Crippen molar-refractivity contribution in [2.45, 2.75) is 0 Å². The smallest absolute Gasteiger partial charge is 0.0547 e. The second-order valence-electron chi connectivity index (χ2n) is 10.8. The van der Waals surface area contributed by atoms with Crippen LogP contribution in [0.3, 0.4) is 0 Å². The van der Waals surface area contributed by atoms with Gasteiger partial charge in [-0.25, -0.2) is 0 Å². The van der Waals surface area contributed by atoms with Crippen LogP contribution in [0.25, 0.3) is 49.4 Å². The minimum atomic E-state index is 0.696. The number of aromatic nitrogens is 1. The largest absolute Gasteiger partial charge is 0.310 e. The van der Waals surface area contributed by atoms with E-state index in [1.165, 1.54) is 32.6 Å². The molecule has 0 aliphatic heterocycles. The molecule has 0 bridgehead atoms. The lowest BCUT2D eigenvalue weighted by Gasteiger charge is -2.26. The number of halogens is 1. The van der Waals surface area contributed by atoms with E-state index in [1.54, 1.807) is 0 Å². The van der Waals surface area contributed by atoms with Gasteiger partial charge in [0.05, 0.1) is 11.0 Å². The molecule has 0 amide bonds. The Bertz CT molecular complexity index is 2200. The summed E-state index contributed by atoms with van der Waals surface area (Å²) in [7, 11) is 0. The van der Waals surface area contributed by atoms with Crippen LogP contribution in [-0.2, 0) is 0 Å². The molecular formula is C40H27ClN2. The monoisotopic (exact) mass is 570 g/mol. The molecule has 2 nitrogen and oxygen atoms in total. The highest BCUT2D eigenvalue weighted by Gasteiger charge is 2.18. The van der Waals surface area contributed by atoms with Crippen LogP contribution in [0.1, 0.15) is 0 Å². The third-order valence-corrected chi connectivity index (χ3v) is 8.39. The zero-order valence-corrected chi connectivity index (χ0v) is 24.1. The zero-order chi connectivity index (χ0) is 28.8. The fourth-order valence-corrected chi connectivity index (χ4v) is 6.53. The molecule has 8 aromatic rings. The maximum atomic E-state index is 6.86. The molecule has 0 N–H and O–H groups in total. The van der Waals surface area contributed by atoms with E-state index in [0.717, 1.165) is 33.9 Å². The van der Waals surface area contributed by atoms with Crippen molar-refractivity contribution in [3.63, 3.8) is 0 Å². The van der Waals surface area contributed by atoms with Crippen molar-refractivity contribution >= 4 is 61.2 Å². The highest BCUT2D eigenvalue weighted by Crippen LogP contribution is 2.41. The second kappa shape index (κ2) is 10.5. The third kappa shape index (κ3) is 4.44. The number of hydrogen-bond donors (Lipinski definition) is 0. The van der Waals surface area contributed by atoms with E-state index in [1.807, 2.05) is 18.2 Å². The van der Waals surface area contributed by atoms with E-state index in [9.17, 15) is 0 Å². The van der Waals surface area contributed by atoms with E-state index >= 15 is 0 Å². The topological polar surface area (TPSA) is 8.17 Å². The van der Waals surface area contributed by atoms with Crippen LogP contribution in [0.2, 0.25) is 5.02 Å². The Hall–Kier alpha value is -5.31. The molecule has 0 atom stereocenters. The van der Waals surface area contributed by atoms with Gasteiger partial charge in [0, 0.05) is 38.5 Å². The average Bonchev–Trinajstić information content (AvgIpc) is 3.40. The van der Waals surface area contributed by atoms with Gasteiger partial charge in [0.15, 0.2) is 0 Å². The van der Waals surface area contributed by atoms with Crippen molar-refractivity contribution in [3.05, 3.63) is 169 Å². The molecule has 0 saturated heterocycles. The predicted octanol–water partition coefficient (Wildman–Crippen LogP) is 11.7. The minimum Gasteiger partial charge on any atom is -0.310 e. The summed E-state index contributed by atoms with van der Waals surface area (Å²) >= 11 is 6.86. The van der Waals surface area contributed by atoms with E-state index in [2.05, 4.69) is 155 Å². The van der Waals surface area contributed by atoms with E-state index in [4.69, 9.17) is 11.6 Å². The Morgan fingerprint density at radius 1 is 0.442 bits per heavy atom. The maximum absolute atomic E-state index is 6.86. The Morgan fingerprint density at radius 3 is 1.79 bits per heavy atom. The van der Waals surface area contributed by atoms with Gasteiger partial charge in [-0.05, 0) is 94.7 Å². The number of para-hydroxylation sites is 3. The van der Waals surface area contributed by atoms with Crippen LogP contribution >= 0.6 is 11.6 Å². The van der Waals surface area contributed by atoms with E-state index in [0.29, 0.717) is 5.02 Å². The first-order chi connectivity index (χ1) is 21.2. The summed E-state index contributed by atoms with van der Waals surface area (Å²) in [6, 6.07) is 57.7. The van der Waals surface area contributed by atoms with Gasteiger partial charge >= 0.3 is 0 Å². The van der Waals surface area contributed by atoms with E-state index in [-0.39, 0.29) is 0 Å². The SMILES string of the molecule is Clc1cc(-c2ccc3c(c2)c2c4ccccc4ccc2n3-c2ccccc2)cc(N(c2ccccc2)c2ccccc2)c1. The molecular weight excluding hydrogens is 544 g/mol. The first kappa shape index (κ1) is 25.4. The van der Waals surface area contributed by atoms with Crippen LogP contribution in [0, 0.1) is 0 Å². The fraction of sp³-hybridized carbons (Fsp3) is 0. The summed E-state index contributed by atoms with van der Waals surface area (Å²) in [6.07, 6.45) is 0. The highest BCUT2D eigenvalue weighted by atomic mass is 35.5. The van der Waals surface area contributed by atoms with Crippen LogP contribution in [0.5, 0.6) is 0 Å². The van der Waals surface area contributed by atoms with Gasteiger partial charge in [0.25, 0.3) is 0 Å². The van der Waals surface area contributed by atoms with Gasteiger partial charge in [-0.1, -0.05) is 103 Å². The molecule has 0 fully saturated rings. The Balaban J connectivity index is 1.37. The van der Waals surface area contributed by atoms with Crippen molar-refractivity contribution in [2.75, 3.05) is 4.90 Å². The molecule has 43 heavy (non-hydrogen) atoms. The van der Waals surface area contributed by atoms with Crippen molar-refractivity contribution in [2.24, 2.45) is 0 Å². The Kier molecular flexibility index (Phi) is 6.21. The second-order valence-corrected chi connectivity index (χ2v) is 11.2. The van der Waals surface area contributed by atoms with Crippen LogP contribution in [0.4, 0.5) is 17.1 Å². The van der Waals surface area contributed by atoms with E-state index < -0.39 is 0 Å². The molecule has 0 saturated carbocycles. The maximum Gasteiger partial charge on any atom is 0.0547 e. The molecule has 0 spiro atoms. The summed E-state index contributed by atoms with van der Waals surface area (Å²) in [5.41, 5.74) is 8.89. The van der Waals surface area contributed by atoms with Gasteiger partial charge in [0.1, 0.15) is 0 Å². The Labute approximate surface area is 255 Å². The summed E-state index contributed by atoms with van der Waals surface area (Å²) in [4.78, 5) is 2.25. The lowest BCUT2D eigenvalue weighted by Crippen LogP contribution is -2.09. The zero-order valence-electron chi connectivity index (χ0n) is 23.4. The lowest BCUT2D eigenvalue weighted by molar-refractivity contribution is 1.18. The number of anilines is 3. The van der Waals surface area contributed by atoms with Gasteiger partial charge in [0.2, 0.25) is 0 Å². The minimum absolute atomic E-state index is 0.696. The van der Waals surface area contributed by atoms with Crippen LogP contribution < -0.4 is 4.90 Å². The molecule has 0 aliphatic rings. The molecule has 1 aromatic heterocycles. The molecule has 7 aromatic carbocycles. The van der Waals surface area contributed by atoms with Gasteiger partial charge < -0.3 is 9.47 Å². The molecule has 3 heteroatoms. The summed E-state index contributed by atoms with van der Waals surface area (Å²) in [6.45, 7) is 0.